The standard InChI is InChI=1S/C13H14N4O3/c1-17-11(14)10(7-15-17)12(18)16-9-5-3-4-8(6-9)13(19)20-2/h3-7H,14H2,1-2H3,(H,16,18). The number of amides is 1. The first-order valence-electron chi connectivity index (χ1n) is 5.80. The highest BCUT2D eigenvalue weighted by Crippen LogP contribution is 2.15. The summed E-state index contributed by atoms with van der Waals surface area (Å²) < 4.78 is 6.02. The minimum Gasteiger partial charge on any atom is -0.465 e. The molecule has 0 aliphatic rings. The third kappa shape index (κ3) is 2.61. The van der Waals surface area contributed by atoms with Gasteiger partial charge in [-0.2, -0.15) is 5.10 Å². The highest BCUT2D eigenvalue weighted by Gasteiger charge is 2.14. The van der Waals surface area contributed by atoms with Gasteiger partial charge in [0.1, 0.15) is 11.4 Å². The number of carbonyl (C=O) groups is 2. The van der Waals surface area contributed by atoms with Crippen molar-refractivity contribution in [2.75, 3.05) is 18.2 Å². The van der Waals surface area contributed by atoms with Crippen LogP contribution in [0, 0.1) is 0 Å². The molecule has 7 nitrogen and oxygen atoms in total. The third-order valence-corrected chi connectivity index (χ3v) is 2.77. The van der Waals surface area contributed by atoms with E-state index >= 15 is 0 Å². The van der Waals surface area contributed by atoms with E-state index in [2.05, 4.69) is 15.2 Å². The minimum absolute atomic E-state index is 0.270. The van der Waals surface area contributed by atoms with Crippen LogP contribution in [-0.4, -0.2) is 28.8 Å². The van der Waals surface area contributed by atoms with Gasteiger partial charge in [0.15, 0.2) is 0 Å². The number of anilines is 2. The molecule has 20 heavy (non-hydrogen) atoms. The van der Waals surface area contributed by atoms with Crippen molar-refractivity contribution in [2.24, 2.45) is 7.05 Å². The molecule has 1 aromatic carbocycles. The molecular weight excluding hydrogens is 260 g/mol. The summed E-state index contributed by atoms with van der Waals surface area (Å²) >= 11 is 0. The zero-order chi connectivity index (χ0) is 14.7. The molecule has 0 spiro atoms. The van der Waals surface area contributed by atoms with E-state index in [0.717, 1.165) is 0 Å². The van der Waals surface area contributed by atoms with E-state index < -0.39 is 11.9 Å². The molecule has 0 aliphatic heterocycles. The maximum absolute atomic E-state index is 12.0. The molecule has 0 fully saturated rings. The van der Waals surface area contributed by atoms with Crippen molar-refractivity contribution in [1.29, 1.82) is 0 Å². The van der Waals surface area contributed by atoms with Gasteiger partial charge in [0.05, 0.1) is 18.9 Å². The average molecular weight is 274 g/mol. The van der Waals surface area contributed by atoms with Crippen LogP contribution in [0.5, 0.6) is 0 Å². The third-order valence-electron chi connectivity index (χ3n) is 2.77. The Morgan fingerprint density at radius 1 is 1.40 bits per heavy atom. The number of ether oxygens (including phenoxy) is 1. The molecule has 2 rings (SSSR count). The van der Waals surface area contributed by atoms with Crippen LogP contribution in [0.2, 0.25) is 0 Å². The second-order valence-corrected chi connectivity index (χ2v) is 4.09. The number of esters is 1. The Balaban J connectivity index is 2.20. The molecule has 104 valence electrons. The fraction of sp³-hybridized carbons (Fsp3) is 0.154. The van der Waals surface area contributed by atoms with E-state index in [4.69, 9.17) is 5.73 Å². The first-order chi connectivity index (χ1) is 9.52. The molecule has 0 radical (unpaired) electrons. The lowest BCUT2D eigenvalue weighted by molar-refractivity contribution is 0.0600. The Hall–Kier alpha value is -2.83. The number of nitrogens with zero attached hydrogens (tertiary/aromatic N) is 2. The first-order valence-corrected chi connectivity index (χ1v) is 5.80. The lowest BCUT2D eigenvalue weighted by Gasteiger charge is -2.06. The Kier molecular flexibility index (Phi) is 3.69. The maximum atomic E-state index is 12.0. The van der Waals surface area contributed by atoms with Gasteiger partial charge >= 0.3 is 5.97 Å². The fourth-order valence-corrected chi connectivity index (χ4v) is 1.66. The summed E-state index contributed by atoms with van der Waals surface area (Å²) in [6.45, 7) is 0. The van der Waals surface area contributed by atoms with Crippen molar-refractivity contribution in [3.8, 4) is 0 Å². The molecular formula is C13H14N4O3. The number of rotatable bonds is 3. The SMILES string of the molecule is COC(=O)c1cccc(NC(=O)c2cnn(C)c2N)c1. The predicted molar refractivity (Wildman–Crippen MR) is 73.4 cm³/mol. The molecule has 3 N–H and O–H groups in total. The number of nitrogens with two attached hydrogens (primary N) is 1. The number of aromatic nitrogens is 2. The van der Waals surface area contributed by atoms with Crippen molar-refractivity contribution < 1.29 is 14.3 Å². The Morgan fingerprint density at radius 3 is 2.75 bits per heavy atom. The lowest BCUT2D eigenvalue weighted by atomic mass is 10.2. The number of hydrogen-bond donors (Lipinski definition) is 2. The number of carbonyl (C=O) groups excluding carboxylic acids is 2. The number of benzene rings is 1. The smallest absolute Gasteiger partial charge is 0.337 e. The highest BCUT2D eigenvalue weighted by atomic mass is 16.5. The molecule has 0 bridgehead atoms. The lowest BCUT2D eigenvalue weighted by Crippen LogP contribution is -2.14. The predicted octanol–water partition coefficient (Wildman–Crippen LogP) is 1.04. The van der Waals surface area contributed by atoms with Crippen LogP contribution in [0.1, 0.15) is 20.7 Å². The normalized spacial score (nSPS) is 10.1. The van der Waals surface area contributed by atoms with Gasteiger partial charge in [-0.05, 0) is 18.2 Å². The van der Waals surface area contributed by atoms with E-state index in [-0.39, 0.29) is 11.4 Å². The average Bonchev–Trinajstić information content (AvgIpc) is 2.78. The summed E-state index contributed by atoms with van der Waals surface area (Å²) in [4.78, 5) is 23.4. The van der Waals surface area contributed by atoms with Crippen LogP contribution in [0.3, 0.4) is 0 Å². The molecule has 1 amide bonds. The molecule has 1 heterocycles. The van der Waals surface area contributed by atoms with Crippen LogP contribution in [0.25, 0.3) is 0 Å². The van der Waals surface area contributed by atoms with Gasteiger partial charge < -0.3 is 15.8 Å². The van der Waals surface area contributed by atoms with E-state index in [9.17, 15) is 9.59 Å². The summed E-state index contributed by atoms with van der Waals surface area (Å²) in [5, 5.41) is 6.55. The highest BCUT2D eigenvalue weighted by molar-refractivity contribution is 6.07. The second kappa shape index (κ2) is 5.43. The molecule has 1 aromatic heterocycles. The summed E-state index contributed by atoms with van der Waals surface area (Å²) in [5.74, 6) is -0.591. The van der Waals surface area contributed by atoms with Gasteiger partial charge in [-0.1, -0.05) is 6.07 Å². The van der Waals surface area contributed by atoms with Gasteiger partial charge in [-0.25, -0.2) is 4.79 Å². The number of hydrogen-bond acceptors (Lipinski definition) is 5. The van der Waals surface area contributed by atoms with E-state index in [1.807, 2.05) is 0 Å². The van der Waals surface area contributed by atoms with Gasteiger partial charge in [-0.3, -0.25) is 9.48 Å². The van der Waals surface area contributed by atoms with E-state index in [0.29, 0.717) is 11.3 Å². The van der Waals surface area contributed by atoms with Crippen molar-refractivity contribution in [1.82, 2.24) is 9.78 Å². The quantitative estimate of drug-likeness (QED) is 0.815. The first kappa shape index (κ1) is 13.6. The zero-order valence-electron chi connectivity index (χ0n) is 11.1. The molecule has 7 heteroatoms. The van der Waals surface area contributed by atoms with Crippen LogP contribution in [0.15, 0.2) is 30.5 Å². The zero-order valence-corrected chi connectivity index (χ0v) is 11.1. The maximum Gasteiger partial charge on any atom is 0.337 e. The number of aryl methyl sites for hydroxylation is 1. The minimum atomic E-state index is -0.470. The number of methoxy groups -OCH3 is 1. The number of nitrogen functional groups attached to an aromatic ring is 1. The Morgan fingerprint density at radius 2 is 2.15 bits per heavy atom. The van der Waals surface area contributed by atoms with Crippen LogP contribution in [0.4, 0.5) is 11.5 Å². The van der Waals surface area contributed by atoms with Crippen LogP contribution >= 0.6 is 0 Å². The number of nitrogens with one attached hydrogen (secondary N) is 1. The molecule has 0 aliphatic carbocycles. The van der Waals surface area contributed by atoms with Crippen molar-refractivity contribution in [3.05, 3.63) is 41.6 Å². The monoisotopic (exact) mass is 274 g/mol. The Bertz CT molecular complexity index is 663. The molecule has 0 saturated carbocycles. The van der Waals surface area contributed by atoms with E-state index in [1.165, 1.54) is 24.1 Å². The topological polar surface area (TPSA) is 99.2 Å². The molecule has 2 aromatic rings. The van der Waals surface area contributed by atoms with E-state index in [1.54, 1.807) is 25.2 Å². The molecule has 0 saturated heterocycles. The summed E-state index contributed by atoms with van der Waals surface area (Å²) in [6, 6.07) is 6.43. The van der Waals surface area contributed by atoms with Gasteiger partial charge in [0, 0.05) is 12.7 Å². The van der Waals surface area contributed by atoms with Gasteiger partial charge in [-0.15, -0.1) is 0 Å². The summed E-state index contributed by atoms with van der Waals surface area (Å²) in [7, 11) is 2.94. The fourth-order valence-electron chi connectivity index (χ4n) is 1.66. The van der Waals surface area contributed by atoms with Gasteiger partial charge in [0.2, 0.25) is 0 Å². The van der Waals surface area contributed by atoms with Crippen LogP contribution in [-0.2, 0) is 11.8 Å². The Labute approximate surface area is 115 Å². The van der Waals surface area contributed by atoms with Crippen LogP contribution < -0.4 is 11.1 Å². The summed E-state index contributed by atoms with van der Waals surface area (Å²) in [5.41, 5.74) is 6.82. The second-order valence-electron chi connectivity index (χ2n) is 4.09. The van der Waals surface area contributed by atoms with Gasteiger partial charge in [0.25, 0.3) is 5.91 Å². The van der Waals surface area contributed by atoms with Crippen molar-refractivity contribution in [2.45, 2.75) is 0 Å². The largest absolute Gasteiger partial charge is 0.465 e. The van der Waals surface area contributed by atoms with Crippen molar-refractivity contribution >= 4 is 23.4 Å². The van der Waals surface area contributed by atoms with Crippen molar-refractivity contribution in [3.63, 3.8) is 0 Å². The molecule has 0 unspecified atom stereocenters. The summed E-state index contributed by atoms with van der Waals surface area (Å²) in [6.07, 6.45) is 1.38. The molecule has 0 atom stereocenters.